The van der Waals surface area contributed by atoms with Crippen LogP contribution in [0.4, 0.5) is 5.82 Å². The number of hydrogen-bond acceptors (Lipinski definition) is 4. The van der Waals surface area contributed by atoms with Gasteiger partial charge in [-0.05, 0) is 28.1 Å². The standard InChI is InChI=1S/C9H5BrClN3OS/c10-6-3-13-8(4-12-6)14-9(15)5-1-2-7(11)16-5/h1-4H,(H,13,14,15). The minimum Gasteiger partial charge on any atom is -0.305 e. The topological polar surface area (TPSA) is 54.9 Å². The average Bonchev–Trinajstić information content (AvgIpc) is 2.68. The molecule has 4 nitrogen and oxygen atoms in total. The SMILES string of the molecule is O=C(Nc1cnc(Br)cn1)c1ccc(Cl)s1. The number of amides is 1. The van der Waals surface area contributed by atoms with Gasteiger partial charge < -0.3 is 5.32 Å². The van der Waals surface area contributed by atoms with Crippen LogP contribution >= 0.6 is 38.9 Å². The van der Waals surface area contributed by atoms with E-state index < -0.39 is 0 Å². The number of halogens is 2. The third kappa shape index (κ3) is 2.78. The van der Waals surface area contributed by atoms with Crippen LogP contribution in [0.5, 0.6) is 0 Å². The van der Waals surface area contributed by atoms with Crippen molar-refractivity contribution in [2.24, 2.45) is 0 Å². The number of hydrogen-bond donors (Lipinski definition) is 1. The average molecular weight is 319 g/mol. The van der Waals surface area contributed by atoms with Gasteiger partial charge in [-0.1, -0.05) is 11.6 Å². The normalized spacial score (nSPS) is 10.1. The number of thiophene rings is 1. The van der Waals surface area contributed by atoms with Crippen molar-refractivity contribution >= 4 is 50.6 Å². The Hall–Kier alpha value is -0.980. The smallest absolute Gasteiger partial charge is 0.266 e. The Bertz CT molecular complexity index is 514. The summed E-state index contributed by atoms with van der Waals surface area (Å²) in [5.41, 5.74) is 0. The van der Waals surface area contributed by atoms with E-state index in [1.54, 1.807) is 12.1 Å². The first-order valence-electron chi connectivity index (χ1n) is 4.19. The van der Waals surface area contributed by atoms with E-state index in [9.17, 15) is 4.79 Å². The molecule has 7 heteroatoms. The van der Waals surface area contributed by atoms with Crippen LogP contribution in [0.25, 0.3) is 0 Å². The number of nitrogens with zero attached hydrogens (tertiary/aromatic N) is 2. The molecule has 1 amide bonds. The molecule has 0 atom stereocenters. The summed E-state index contributed by atoms with van der Waals surface area (Å²) in [6.07, 6.45) is 2.98. The highest BCUT2D eigenvalue weighted by Crippen LogP contribution is 2.22. The van der Waals surface area contributed by atoms with Gasteiger partial charge in [0.15, 0.2) is 5.82 Å². The molecule has 0 saturated carbocycles. The first kappa shape index (κ1) is 11.5. The molecule has 0 saturated heterocycles. The van der Waals surface area contributed by atoms with Crippen molar-refractivity contribution in [1.82, 2.24) is 9.97 Å². The number of carbonyl (C=O) groups excluding carboxylic acids is 1. The minimum absolute atomic E-state index is 0.242. The third-order valence-corrected chi connectivity index (χ3v) is 3.30. The van der Waals surface area contributed by atoms with Crippen molar-refractivity contribution < 1.29 is 4.79 Å². The molecule has 0 fully saturated rings. The molecular weight excluding hydrogens is 314 g/mol. The Kier molecular flexibility index (Phi) is 3.52. The lowest BCUT2D eigenvalue weighted by atomic mass is 10.4. The van der Waals surface area contributed by atoms with Gasteiger partial charge in [-0.25, -0.2) is 9.97 Å². The lowest BCUT2D eigenvalue weighted by Gasteiger charge is -2.01. The molecule has 0 radical (unpaired) electrons. The van der Waals surface area contributed by atoms with Crippen LogP contribution < -0.4 is 5.32 Å². The molecule has 1 N–H and O–H groups in total. The van der Waals surface area contributed by atoms with E-state index in [0.29, 0.717) is 19.6 Å². The molecule has 0 aliphatic heterocycles. The van der Waals surface area contributed by atoms with E-state index in [1.165, 1.54) is 23.7 Å². The molecule has 2 aromatic rings. The highest BCUT2D eigenvalue weighted by atomic mass is 79.9. The van der Waals surface area contributed by atoms with Gasteiger partial charge in [-0.15, -0.1) is 11.3 Å². The minimum atomic E-state index is -0.242. The van der Waals surface area contributed by atoms with Gasteiger partial charge in [0.05, 0.1) is 21.6 Å². The van der Waals surface area contributed by atoms with Gasteiger partial charge in [0.1, 0.15) is 4.60 Å². The van der Waals surface area contributed by atoms with Crippen molar-refractivity contribution in [1.29, 1.82) is 0 Å². The molecule has 0 aliphatic carbocycles. The zero-order valence-corrected chi connectivity index (χ0v) is 10.9. The van der Waals surface area contributed by atoms with Crippen LogP contribution in [0.15, 0.2) is 29.1 Å². The van der Waals surface area contributed by atoms with Gasteiger partial charge in [0.25, 0.3) is 5.91 Å². The molecule has 0 aliphatic rings. The van der Waals surface area contributed by atoms with Gasteiger partial charge >= 0.3 is 0 Å². The maximum Gasteiger partial charge on any atom is 0.266 e. The first-order chi connectivity index (χ1) is 7.65. The maximum atomic E-state index is 11.7. The molecule has 0 aromatic carbocycles. The summed E-state index contributed by atoms with van der Waals surface area (Å²) < 4.78 is 1.19. The summed E-state index contributed by atoms with van der Waals surface area (Å²) in [5.74, 6) is 0.159. The Labute approximate surface area is 109 Å². The van der Waals surface area contributed by atoms with Crippen molar-refractivity contribution in [2.75, 3.05) is 5.32 Å². The molecule has 0 spiro atoms. The quantitative estimate of drug-likeness (QED) is 0.925. The fraction of sp³-hybridized carbons (Fsp3) is 0. The Morgan fingerprint density at radius 3 is 2.75 bits per heavy atom. The van der Waals surface area contributed by atoms with Crippen LogP contribution in [0.3, 0.4) is 0 Å². The molecule has 0 bridgehead atoms. The van der Waals surface area contributed by atoms with Crippen molar-refractivity contribution in [3.05, 3.63) is 38.3 Å². The Balaban J connectivity index is 2.10. The highest BCUT2D eigenvalue weighted by molar-refractivity contribution is 9.10. The van der Waals surface area contributed by atoms with Crippen LogP contribution in [0, 0.1) is 0 Å². The number of anilines is 1. The van der Waals surface area contributed by atoms with E-state index in [4.69, 9.17) is 11.6 Å². The second-order valence-electron chi connectivity index (χ2n) is 2.78. The predicted molar refractivity (Wildman–Crippen MR) is 67.0 cm³/mol. The van der Waals surface area contributed by atoms with Crippen molar-refractivity contribution in [2.45, 2.75) is 0 Å². The zero-order valence-electron chi connectivity index (χ0n) is 7.78. The molecule has 2 aromatic heterocycles. The van der Waals surface area contributed by atoms with E-state index >= 15 is 0 Å². The molecule has 82 valence electrons. The number of rotatable bonds is 2. The molecule has 2 rings (SSSR count). The predicted octanol–water partition coefficient (Wildman–Crippen LogP) is 3.21. The maximum absolute atomic E-state index is 11.7. The molecule has 2 heterocycles. The van der Waals surface area contributed by atoms with Crippen LogP contribution in [-0.2, 0) is 0 Å². The summed E-state index contributed by atoms with van der Waals surface area (Å²) in [6, 6.07) is 3.34. The number of nitrogens with one attached hydrogen (secondary N) is 1. The number of aromatic nitrogens is 2. The van der Waals surface area contributed by atoms with Crippen LogP contribution in [0.2, 0.25) is 4.34 Å². The summed E-state index contributed by atoms with van der Waals surface area (Å²) in [6.45, 7) is 0. The van der Waals surface area contributed by atoms with E-state index in [0.717, 1.165) is 0 Å². The van der Waals surface area contributed by atoms with Gasteiger partial charge in [0, 0.05) is 0 Å². The highest BCUT2D eigenvalue weighted by Gasteiger charge is 2.09. The Morgan fingerprint density at radius 2 is 2.19 bits per heavy atom. The molecule has 16 heavy (non-hydrogen) atoms. The molecular formula is C9H5BrClN3OS. The van der Waals surface area contributed by atoms with Gasteiger partial charge in [0.2, 0.25) is 0 Å². The lowest BCUT2D eigenvalue weighted by molar-refractivity contribution is 0.103. The van der Waals surface area contributed by atoms with Crippen molar-refractivity contribution in [3.63, 3.8) is 0 Å². The van der Waals surface area contributed by atoms with Gasteiger partial charge in [-0.3, -0.25) is 4.79 Å². The second kappa shape index (κ2) is 4.90. The molecule has 0 unspecified atom stereocenters. The summed E-state index contributed by atoms with van der Waals surface area (Å²) in [4.78, 5) is 20.1. The lowest BCUT2D eigenvalue weighted by Crippen LogP contribution is -2.11. The zero-order chi connectivity index (χ0) is 11.5. The van der Waals surface area contributed by atoms with Gasteiger partial charge in [-0.2, -0.15) is 0 Å². The number of carbonyl (C=O) groups is 1. The van der Waals surface area contributed by atoms with E-state index in [-0.39, 0.29) is 5.91 Å². The fourth-order valence-corrected chi connectivity index (χ4v) is 2.13. The van der Waals surface area contributed by atoms with E-state index in [2.05, 4.69) is 31.2 Å². The summed E-state index contributed by atoms with van der Waals surface area (Å²) >= 11 is 10.1. The Morgan fingerprint density at radius 1 is 1.38 bits per heavy atom. The summed E-state index contributed by atoms with van der Waals surface area (Å²) in [7, 11) is 0. The van der Waals surface area contributed by atoms with E-state index in [1.807, 2.05) is 0 Å². The third-order valence-electron chi connectivity index (χ3n) is 1.66. The summed E-state index contributed by atoms with van der Waals surface area (Å²) in [5, 5.41) is 2.62. The monoisotopic (exact) mass is 317 g/mol. The van der Waals surface area contributed by atoms with Crippen molar-refractivity contribution in [3.8, 4) is 0 Å². The van der Waals surface area contributed by atoms with Crippen LogP contribution in [-0.4, -0.2) is 15.9 Å². The van der Waals surface area contributed by atoms with Crippen LogP contribution in [0.1, 0.15) is 9.67 Å². The fourth-order valence-electron chi connectivity index (χ4n) is 0.991. The first-order valence-corrected chi connectivity index (χ1v) is 6.18. The largest absolute Gasteiger partial charge is 0.305 e. The second-order valence-corrected chi connectivity index (χ2v) is 5.31.